The van der Waals surface area contributed by atoms with Crippen molar-refractivity contribution in [3.05, 3.63) is 70.8 Å². The van der Waals surface area contributed by atoms with Crippen molar-refractivity contribution in [2.24, 2.45) is 0 Å². The summed E-state index contributed by atoms with van der Waals surface area (Å²) < 4.78 is 37.8. The lowest BCUT2D eigenvalue weighted by molar-refractivity contribution is -0.137. The molecule has 0 bridgehead atoms. The number of nitrogens with zero attached hydrogens (tertiary/aromatic N) is 1. The second-order valence-electron chi connectivity index (χ2n) is 6.85. The standard InChI is InChI=1S/C21H21F3N2O2/c1-14(27)26-11-10-16-4-2-3-5-18(16)19(26)12-20(28)25-13-15-6-8-17(9-7-15)21(22,23)24/h2-9,19H,10-13H2,1H3,(H,25,28). The van der Waals surface area contributed by atoms with Gasteiger partial charge in [0.1, 0.15) is 0 Å². The molecule has 0 fully saturated rings. The van der Waals surface area contributed by atoms with Crippen LogP contribution in [0.5, 0.6) is 0 Å². The predicted octanol–water partition coefficient (Wildman–Crippen LogP) is 3.86. The van der Waals surface area contributed by atoms with E-state index >= 15 is 0 Å². The number of nitrogens with one attached hydrogen (secondary N) is 1. The van der Waals surface area contributed by atoms with E-state index in [0.717, 1.165) is 29.7 Å². The van der Waals surface area contributed by atoms with Gasteiger partial charge in [0.25, 0.3) is 0 Å². The average molecular weight is 390 g/mol. The molecule has 148 valence electrons. The van der Waals surface area contributed by atoms with Crippen LogP contribution in [0.1, 0.15) is 41.6 Å². The fourth-order valence-electron chi connectivity index (χ4n) is 3.51. The number of alkyl halides is 3. The Morgan fingerprint density at radius 2 is 1.79 bits per heavy atom. The van der Waals surface area contributed by atoms with Gasteiger partial charge in [-0.2, -0.15) is 13.2 Å². The lowest BCUT2D eigenvalue weighted by Gasteiger charge is -2.36. The first-order valence-corrected chi connectivity index (χ1v) is 9.03. The van der Waals surface area contributed by atoms with Crippen molar-refractivity contribution in [1.82, 2.24) is 10.2 Å². The SMILES string of the molecule is CC(=O)N1CCc2ccccc2C1CC(=O)NCc1ccc(C(F)(F)F)cc1. The Hall–Kier alpha value is -2.83. The molecule has 2 aromatic rings. The zero-order valence-electron chi connectivity index (χ0n) is 15.4. The number of hydrogen-bond donors (Lipinski definition) is 1. The van der Waals surface area contributed by atoms with E-state index in [4.69, 9.17) is 0 Å². The molecule has 2 aromatic carbocycles. The molecular formula is C21H21F3N2O2. The number of carbonyl (C=O) groups is 2. The van der Waals surface area contributed by atoms with Crippen LogP contribution in [0.4, 0.5) is 13.2 Å². The topological polar surface area (TPSA) is 49.4 Å². The Balaban J connectivity index is 1.65. The van der Waals surface area contributed by atoms with Crippen LogP contribution < -0.4 is 5.32 Å². The summed E-state index contributed by atoms with van der Waals surface area (Å²) in [5.74, 6) is -0.345. The second-order valence-corrected chi connectivity index (χ2v) is 6.85. The molecule has 2 amide bonds. The summed E-state index contributed by atoms with van der Waals surface area (Å²) in [7, 11) is 0. The number of halogens is 3. The van der Waals surface area contributed by atoms with E-state index in [1.807, 2.05) is 24.3 Å². The van der Waals surface area contributed by atoms with E-state index in [1.54, 1.807) is 4.90 Å². The van der Waals surface area contributed by atoms with Crippen LogP contribution in [0, 0.1) is 0 Å². The molecule has 7 heteroatoms. The fourth-order valence-corrected chi connectivity index (χ4v) is 3.51. The summed E-state index contributed by atoms with van der Waals surface area (Å²) in [5, 5.41) is 2.74. The number of benzene rings is 2. The third-order valence-electron chi connectivity index (χ3n) is 4.97. The van der Waals surface area contributed by atoms with Crippen molar-refractivity contribution in [2.45, 2.75) is 38.5 Å². The third kappa shape index (κ3) is 4.52. The van der Waals surface area contributed by atoms with E-state index in [9.17, 15) is 22.8 Å². The van der Waals surface area contributed by atoms with Crippen molar-refractivity contribution in [3.8, 4) is 0 Å². The predicted molar refractivity (Wildman–Crippen MR) is 98.2 cm³/mol. The molecule has 28 heavy (non-hydrogen) atoms. The Morgan fingerprint density at radius 1 is 1.11 bits per heavy atom. The van der Waals surface area contributed by atoms with Crippen molar-refractivity contribution >= 4 is 11.8 Å². The molecule has 1 unspecified atom stereocenters. The number of carbonyl (C=O) groups excluding carboxylic acids is 2. The van der Waals surface area contributed by atoms with Gasteiger partial charge in [0.2, 0.25) is 11.8 Å². The molecule has 1 atom stereocenters. The number of amides is 2. The zero-order valence-corrected chi connectivity index (χ0v) is 15.4. The average Bonchev–Trinajstić information content (AvgIpc) is 2.66. The van der Waals surface area contributed by atoms with Gasteiger partial charge < -0.3 is 10.2 Å². The molecule has 1 heterocycles. The Morgan fingerprint density at radius 3 is 2.43 bits per heavy atom. The molecule has 0 radical (unpaired) electrons. The van der Waals surface area contributed by atoms with Crippen LogP contribution in [0.2, 0.25) is 0 Å². The number of fused-ring (bicyclic) bond motifs is 1. The molecule has 3 rings (SSSR count). The highest BCUT2D eigenvalue weighted by Gasteiger charge is 2.31. The minimum absolute atomic E-state index is 0.0879. The van der Waals surface area contributed by atoms with E-state index in [2.05, 4.69) is 5.32 Å². The summed E-state index contributed by atoms with van der Waals surface area (Å²) in [4.78, 5) is 26.1. The normalized spacial score (nSPS) is 16.4. The smallest absolute Gasteiger partial charge is 0.352 e. The summed E-state index contributed by atoms with van der Waals surface area (Å²) >= 11 is 0. The van der Waals surface area contributed by atoms with Crippen molar-refractivity contribution in [2.75, 3.05) is 6.54 Å². The minimum atomic E-state index is -4.38. The Labute approximate surface area is 161 Å². The van der Waals surface area contributed by atoms with Crippen LogP contribution in [0.15, 0.2) is 48.5 Å². The molecule has 0 saturated carbocycles. The van der Waals surface area contributed by atoms with Gasteiger partial charge in [0, 0.05) is 20.0 Å². The Kier molecular flexibility index (Phi) is 5.72. The van der Waals surface area contributed by atoms with Gasteiger partial charge in [0.15, 0.2) is 0 Å². The highest BCUT2D eigenvalue weighted by Crippen LogP contribution is 2.32. The molecule has 0 spiro atoms. The van der Waals surface area contributed by atoms with Crippen LogP contribution in [0.25, 0.3) is 0 Å². The van der Waals surface area contributed by atoms with E-state index in [0.29, 0.717) is 12.1 Å². The number of hydrogen-bond acceptors (Lipinski definition) is 2. The van der Waals surface area contributed by atoms with E-state index < -0.39 is 11.7 Å². The quantitative estimate of drug-likeness (QED) is 0.862. The molecule has 4 nitrogen and oxygen atoms in total. The zero-order chi connectivity index (χ0) is 20.3. The number of rotatable bonds is 4. The third-order valence-corrected chi connectivity index (χ3v) is 4.97. The molecule has 1 N–H and O–H groups in total. The summed E-state index contributed by atoms with van der Waals surface area (Å²) in [6, 6.07) is 12.1. The van der Waals surface area contributed by atoms with Gasteiger partial charge in [-0.25, -0.2) is 0 Å². The first-order chi connectivity index (χ1) is 13.3. The molecule has 0 aromatic heterocycles. The van der Waals surface area contributed by atoms with E-state index in [-0.39, 0.29) is 30.8 Å². The molecule has 0 aliphatic carbocycles. The maximum atomic E-state index is 12.6. The summed E-state index contributed by atoms with van der Waals surface area (Å²) in [5.41, 5.74) is 1.95. The second kappa shape index (κ2) is 8.04. The van der Waals surface area contributed by atoms with Crippen LogP contribution in [-0.2, 0) is 28.7 Å². The van der Waals surface area contributed by atoms with Gasteiger partial charge in [-0.05, 0) is 35.2 Å². The van der Waals surface area contributed by atoms with Crippen molar-refractivity contribution in [1.29, 1.82) is 0 Å². The van der Waals surface area contributed by atoms with E-state index in [1.165, 1.54) is 19.1 Å². The van der Waals surface area contributed by atoms with Crippen LogP contribution in [-0.4, -0.2) is 23.3 Å². The fraction of sp³-hybridized carbons (Fsp3) is 0.333. The maximum absolute atomic E-state index is 12.6. The van der Waals surface area contributed by atoms with Gasteiger partial charge in [-0.3, -0.25) is 9.59 Å². The molecule has 1 aliphatic heterocycles. The highest BCUT2D eigenvalue weighted by molar-refractivity contribution is 5.79. The molecular weight excluding hydrogens is 369 g/mol. The van der Waals surface area contributed by atoms with Gasteiger partial charge in [0.05, 0.1) is 18.0 Å². The summed E-state index contributed by atoms with van der Waals surface area (Å²) in [6.45, 7) is 2.18. The van der Waals surface area contributed by atoms with Gasteiger partial charge in [-0.15, -0.1) is 0 Å². The van der Waals surface area contributed by atoms with Gasteiger partial charge >= 0.3 is 6.18 Å². The lowest BCUT2D eigenvalue weighted by atomic mass is 9.90. The van der Waals surface area contributed by atoms with Crippen LogP contribution >= 0.6 is 0 Å². The first kappa shape index (κ1) is 19.9. The minimum Gasteiger partial charge on any atom is -0.352 e. The highest BCUT2D eigenvalue weighted by atomic mass is 19.4. The van der Waals surface area contributed by atoms with Gasteiger partial charge in [-0.1, -0.05) is 36.4 Å². The maximum Gasteiger partial charge on any atom is 0.416 e. The van der Waals surface area contributed by atoms with Crippen molar-refractivity contribution in [3.63, 3.8) is 0 Å². The lowest BCUT2D eigenvalue weighted by Crippen LogP contribution is -2.41. The van der Waals surface area contributed by atoms with Crippen molar-refractivity contribution < 1.29 is 22.8 Å². The molecule has 0 saturated heterocycles. The van der Waals surface area contributed by atoms with Crippen LogP contribution in [0.3, 0.4) is 0 Å². The Bertz CT molecular complexity index is 863. The molecule has 1 aliphatic rings. The largest absolute Gasteiger partial charge is 0.416 e. The first-order valence-electron chi connectivity index (χ1n) is 9.03. The summed E-state index contributed by atoms with van der Waals surface area (Å²) in [6.07, 6.45) is -3.52. The monoisotopic (exact) mass is 390 g/mol.